The number of carbonyl (C=O) groups is 1. The number of rotatable bonds is 4. The molecule has 6 nitrogen and oxygen atoms in total. The number of carbonyl (C=O) groups excluding carboxylic acids is 1. The molecule has 19 heavy (non-hydrogen) atoms. The number of methoxy groups -OCH3 is 2. The van der Waals surface area contributed by atoms with Crippen molar-refractivity contribution in [3.8, 4) is 5.75 Å². The van der Waals surface area contributed by atoms with Gasteiger partial charge in [0.15, 0.2) is 0 Å². The molecule has 0 amide bonds. The van der Waals surface area contributed by atoms with Crippen LogP contribution in [0.4, 0.5) is 11.5 Å². The minimum Gasteiger partial charge on any atom is -0.496 e. The average molecular weight is 261 g/mol. The summed E-state index contributed by atoms with van der Waals surface area (Å²) in [6, 6.07) is 5.35. The molecule has 6 heteroatoms. The molecule has 1 heterocycles. The Morgan fingerprint density at radius 2 is 2.16 bits per heavy atom. The molecule has 1 aromatic carbocycles. The fourth-order valence-corrected chi connectivity index (χ4v) is 1.84. The van der Waals surface area contributed by atoms with Crippen LogP contribution in [0.2, 0.25) is 0 Å². The second kappa shape index (κ2) is 5.43. The van der Waals surface area contributed by atoms with Gasteiger partial charge in [0.25, 0.3) is 0 Å². The molecule has 0 spiro atoms. The molecule has 1 aromatic heterocycles. The summed E-state index contributed by atoms with van der Waals surface area (Å²) in [6.45, 7) is 0.0270. The SMILES string of the molecule is COC(=O)CNc1nccc2c(OC)ccc(N)c12. The Morgan fingerprint density at radius 1 is 1.37 bits per heavy atom. The molecule has 0 fully saturated rings. The van der Waals surface area contributed by atoms with E-state index >= 15 is 0 Å². The van der Waals surface area contributed by atoms with Crippen molar-refractivity contribution in [1.29, 1.82) is 0 Å². The monoisotopic (exact) mass is 261 g/mol. The predicted octanol–water partition coefficient (Wildman–Crippen LogP) is 1.41. The molecular formula is C13H15N3O3. The van der Waals surface area contributed by atoms with Gasteiger partial charge in [-0.1, -0.05) is 0 Å². The largest absolute Gasteiger partial charge is 0.496 e. The maximum atomic E-state index is 11.2. The highest BCUT2D eigenvalue weighted by Gasteiger charge is 2.11. The summed E-state index contributed by atoms with van der Waals surface area (Å²) >= 11 is 0. The van der Waals surface area contributed by atoms with Gasteiger partial charge in [-0.05, 0) is 18.2 Å². The number of esters is 1. The number of nitrogens with one attached hydrogen (secondary N) is 1. The second-order valence-corrected chi connectivity index (χ2v) is 3.87. The minimum absolute atomic E-state index is 0.0270. The number of benzene rings is 1. The molecule has 0 bridgehead atoms. The van der Waals surface area contributed by atoms with Crippen molar-refractivity contribution in [1.82, 2.24) is 4.98 Å². The number of hydrogen-bond acceptors (Lipinski definition) is 6. The van der Waals surface area contributed by atoms with E-state index in [4.69, 9.17) is 10.5 Å². The number of ether oxygens (including phenoxy) is 2. The summed E-state index contributed by atoms with van der Waals surface area (Å²) in [5.41, 5.74) is 6.53. The third kappa shape index (κ3) is 2.52. The van der Waals surface area contributed by atoms with Gasteiger partial charge in [-0.25, -0.2) is 4.98 Å². The quantitative estimate of drug-likeness (QED) is 0.639. The average Bonchev–Trinajstić information content (AvgIpc) is 2.45. The van der Waals surface area contributed by atoms with E-state index < -0.39 is 0 Å². The van der Waals surface area contributed by atoms with Gasteiger partial charge in [0, 0.05) is 17.3 Å². The van der Waals surface area contributed by atoms with Crippen molar-refractivity contribution in [2.75, 3.05) is 31.8 Å². The summed E-state index contributed by atoms with van der Waals surface area (Å²) in [6.07, 6.45) is 1.63. The first-order valence-electron chi connectivity index (χ1n) is 5.69. The Kier molecular flexibility index (Phi) is 3.70. The van der Waals surface area contributed by atoms with Gasteiger partial charge in [-0.15, -0.1) is 0 Å². The van der Waals surface area contributed by atoms with Crippen LogP contribution >= 0.6 is 0 Å². The Morgan fingerprint density at radius 3 is 2.84 bits per heavy atom. The Hall–Kier alpha value is -2.50. The number of anilines is 2. The Bertz CT molecular complexity index is 613. The van der Waals surface area contributed by atoms with Crippen molar-refractivity contribution >= 4 is 28.2 Å². The molecule has 0 saturated carbocycles. The van der Waals surface area contributed by atoms with Gasteiger partial charge < -0.3 is 20.5 Å². The highest BCUT2D eigenvalue weighted by molar-refractivity contribution is 6.04. The summed E-state index contributed by atoms with van der Waals surface area (Å²) in [7, 11) is 2.92. The van der Waals surface area contributed by atoms with Crippen LogP contribution < -0.4 is 15.8 Å². The number of fused-ring (bicyclic) bond motifs is 1. The Balaban J connectivity index is 2.47. The summed E-state index contributed by atoms with van der Waals surface area (Å²) < 4.78 is 9.86. The lowest BCUT2D eigenvalue weighted by Gasteiger charge is -2.12. The molecule has 0 aliphatic carbocycles. The smallest absolute Gasteiger partial charge is 0.325 e. The first-order chi connectivity index (χ1) is 9.17. The maximum absolute atomic E-state index is 11.2. The molecule has 0 radical (unpaired) electrons. The summed E-state index contributed by atoms with van der Waals surface area (Å²) in [4.78, 5) is 15.4. The molecular weight excluding hydrogens is 246 g/mol. The van der Waals surface area contributed by atoms with E-state index in [1.807, 2.05) is 6.07 Å². The van der Waals surface area contributed by atoms with Crippen molar-refractivity contribution < 1.29 is 14.3 Å². The van der Waals surface area contributed by atoms with E-state index in [0.29, 0.717) is 17.3 Å². The first kappa shape index (κ1) is 12.9. The van der Waals surface area contributed by atoms with Crippen LogP contribution in [0.3, 0.4) is 0 Å². The van der Waals surface area contributed by atoms with E-state index in [0.717, 1.165) is 10.8 Å². The normalized spacial score (nSPS) is 10.2. The van der Waals surface area contributed by atoms with E-state index in [-0.39, 0.29) is 12.5 Å². The molecule has 2 rings (SSSR count). The number of nitrogen functional groups attached to an aromatic ring is 1. The fraction of sp³-hybridized carbons (Fsp3) is 0.231. The first-order valence-corrected chi connectivity index (χ1v) is 5.69. The van der Waals surface area contributed by atoms with Crippen LogP contribution in [-0.4, -0.2) is 31.7 Å². The molecule has 0 unspecified atom stereocenters. The minimum atomic E-state index is -0.375. The summed E-state index contributed by atoms with van der Waals surface area (Å²) in [5, 5.41) is 4.47. The van der Waals surface area contributed by atoms with Gasteiger partial charge in [-0.3, -0.25) is 4.79 Å². The zero-order chi connectivity index (χ0) is 13.8. The lowest BCUT2D eigenvalue weighted by molar-refractivity contribution is -0.138. The van der Waals surface area contributed by atoms with Gasteiger partial charge in [0.1, 0.15) is 18.1 Å². The van der Waals surface area contributed by atoms with Gasteiger partial charge in [-0.2, -0.15) is 0 Å². The number of pyridine rings is 1. The molecule has 0 atom stereocenters. The van der Waals surface area contributed by atoms with Crippen LogP contribution in [0, 0.1) is 0 Å². The third-order valence-corrected chi connectivity index (χ3v) is 2.77. The van der Waals surface area contributed by atoms with Crippen molar-refractivity contribution in [2.24, 2.45) is 0 Å². The Labute approximate surface area is 110 Å². The zero-order valence-corrected chi connectivity index (χ0v) is 10.8. The second-order valence-electron chi connectivity index (χ2n) is 3.87. The third-order valence-electron chi connectivity index (χ3n) is 2.77. The van der Waals surface area contributed by atoms with Crippen LogP contribution in [0.5, 0.6) is 5.75 Å². The van der Waals surface area contributed by atoms with Gasteiger partial charge >= 0.3 is 5.97 Å². The molecule has 0 aliphatic rings. The maximum Gasteiger partial charge on any atom is 0.325 e. The standard InChI is InChI=1S/C13H15N3O3/c1-18-10-4-3-9(14)12-8(10)5-6-15-13(12)16-7-11(17)19-2/h3-6H,7,14H2,1-2H3,(H,15,16). The van der Waals surface area contributed by atoms with Crippen LogP contribution in [0.25, 0.3) is 10.8 Å². The van der Waals surface area contributed by atoms with Crippen LogP contribution in [0.1, 0.15) is 0 Å². The van der Waals surface area contributed by atoms with E-state index in [1.54, 1.807) is 25.4 Å². The molecule has 0 aliphatic heterocycles. The van der Waals surface area contributed by atoms with Gasteiger partial charge in [0.2, 0.25) is 0 Å². The lowest BCUT2D eigenvalue weighted by Crippen LogP contribution is -2.16. The topological polar surface area (TPSA) is 86.5 Å². The van der Waals surface area contributed by atoms with E-state index in [2.05, 4.69) is 15.0 Å². The van der Waals surface area contributed by atoms with Crippen LogP contribution in [0.15, 0.2) is 24.4 Å². The molecule has 100 valence electrons. The molecule has 2 aromatic rings. The van der Waals surface area contributed by atoms with Crippen LogP contribution in [-0.2, 0) is 9.53 Å². The molecule has 0 saturated heterocycles. The van der Waals surface area contributed by atoms with E-state index in [1.165, 1.54) is 7.11 Å². The highest BCUT2D eigenvalue weighted by Crippen LogP contribution is 2.33. The van der Waals surface area contributed by atoms with E-state index in [9.17, 15) is 4.79 Å². The lowest BCUT2D eigenvalue weighted by atomic mass is 10.1. The number of nitrogens with two attached hydrogens (primary N) is 1. The zero-order valence-electron chi connectivity index (χ0n) is 10.8. The van der Waals surface area contributed by atoms with Crippen molar-refractivity contribution in [2.45, 2.75) is 0 Å². The highest BCUT2D eigenvalue weighted by atomic mass is 16.5. The van der Waals surface area contributed by atoms with Crippen molar-refractivity contribution in [3.63, 3.8) is 0 Å². The fourth-order valence-electron chi connectivity index (χ4n) is 1.84. The summed E-state index contributed by atoms with van der Waals surface area (Å²) in [5.74, 6) is 0.854. The van der Waals surface area contributed by atoms with Gasteiger partial charge in [0.05, 0.1) is 19.6 Å². The number of aromatic nitrogens is 1. The number of nitrogens with zero attached hydrogens (tertiary/aromatic N) is 1. The molecule has 3 N–H and O–H groups in total. The number of hydrogen-bond donors (Lipinski definition) is 2. The van der Waals surface area contributed by atoms with Crippen molar-refractivity contribution in [3.05, 3.63) is 24.4 Å². The predicted molar refractivity (Wildman–Crippen MR) is 73.2 cm³/mol.